The average Bonchev–Trinajstić information content (AvgIpc) is 3.05. The lowest BCUT2D eigenvalue weighted by atomic mass is 9.93. The van der Waals surface area contributed by atoms with Gasteiger partial charge in [0.05, 0.1) is 18.2 Å². The molecule has 0 radical (unpaired) electrons. The molecule has 1 saturated heterocycles. The number of aryl methyl sites for hydroxylation is 3. The lowest BCUT2D eigenvalue weighted by Gasteiger charge is -2.26. The molecule has 0 spiro atoms. The Morgan fingerprint density at radius 1 is 0.939 bits per heavy atom. The van der Waals surface area contributed by atoms with Crippen LogP contribution in [0, 0.1) is 20.8 Å². The number of nitrogens with zero attached hydrogens (tertiary/aromatic N) is 1. The van der Waals surface area contributed by atoms with Gasteiger partial charge in [0, 0.05) is 11.3 Å². The molecule has 0 bridgehead atoms. The van der Waals surface area contributed by atoms with Gasteiger partial charge in [-0.05, 0) is 74.7 Å². The zero-order valence-electron chi connectivity index (χ0n) is 19.3. The second kappa shape index (κ2) is 8.94. The van der Waals surface area contributed by atoms with Gasteiger partial charge in [0.25, 0.3) is 11.7 Å². The molecule has 0 aromatic heterocycles. The van der Waals surface area contributed by atoms with Crippen molar-refractivity contribution in [2.45, 2.75) is 33.7 Å². The number of anilines is 1. The molecule has 3 aromatic carbocycles. The summed E-state index contributed by atoms with van der Waals surface area (Å²) in [4.78, 5) is 28.0. The minimum Gasteiger partial charge on any atom is -0.507 e. The number of hydrogen-bond acceptors (Lipinski definition) is 4. The van der Waals surface area contributed by atoms with Crippen LogP contribution in [-0.2, 0) is 9.59 Å². The number of aliphatic hydroxyl groups excluding tert-OH is 1. The third kappa shape index (κ3) is 4.14. The van der Waals surface area contributed by atoms with E-state index in [9.17, 15) is 14.7 Å². The largest absolute Gasteiger partial charge is 0.507 e. The third-order valence-corrected chi connectivity index (χ3v) is 5.83. The highest BCUT2D eigenvalue weighted by atomic mass is 16.5. The summed E-state index contributed by atoms with van der Waals surface area (Å²) in [7, 11) is 0. The van der Waals surface area contributed by atoms with E-state index in [1.54, 1.807) is 18.2 Å². The highest BCUT2D eigenvalue weighted by Gasteiger charge is 2.47. The number of hydrogen-bond donors (Lipinski definition) is 1. The molecule has 5 nitrogen and oxygen atoms in total. The van der Waals surface area contributed by atoms with E-state index in [-0.39, 0.29) is 11.3 Å². The summed E-state index contributed by atoms with van der Waals surface area (Å²) < 4.78 is 5.60. The minimum absolute atomic E-state index is 0.0793. The molecule has 168 valence electrons. The maximum absolute atomic E-state index is 13.3. The first-order chi connectivity index (χ1) is 15.8. The Morgan fingerprint density at radius 3 is 2.27 bits per heavy atom. The van der Waals surface area contributed by atoms with E-state index >= 15 is 0 Å². The van der Waals surface area contributed by atoms with Crippen LogP contribution in [0.15, 0.2) is 72.3 Å². The zero-order chi connectivity index (χ0) is 23.7. The number of ketones is 1. The molecule has 33 heavy (non-hydrogen) atoms. The van der Waals surface area contributed by atoms with E-state index in [2.05, 4.69) is 0 Å². The maximum Gasteiger partial charge on any atom is 0.300 e. The summed E-state index contributed by atoms with van der Waals surface area (Å²) in [6.07, 6.45) is 0. The fourth-order valence-corrected chi connectivity index (χ4v) is 4.30. The molecule has 0 saturated carbocycles. The lowest BCUT2D eigenvalue weighted by molar-refractivity contribution is -0.132. The van der Waals surface area contributed by atoms with Crippen molar-refractivity contribution in [2.24, 2.45) is 0 Å². The minimum atomic E-state index is -0.737. The maximum atomic E-state index is 13.3. The Balaban J connectivity index is 1.92. The normalized spacial score (nSPS) is 17.5. The molecular formula is C28H27NO4. The summed E-state index contributed by atoms with van der Waals surface area (Å²) >= 11 is 0. The quantitative estimate of drug-likeness (QED) is 0.316. The predicted molar refractivity (Wildman–Crippen MR) is 129 cm³/mol. The van der Waals surface area contributed by atoms with Gasteiger partial charge in [0.2, 0.25) is 0 Å². The monoisotopic (exact) mass is 441 g/mol. The molecule has 3 aromatic rings. The van der Waals surface area contributed by atoms with Crippen LogP contribution in [0.2, 0.25) is 0 Å². The first-order valence-corrected chi connectivity index (χ1v) is 11.0. The van der Waals surface area contributed by atoms with Crippen LogP contribution in [0.3, 0.4) is 0 Å². The number of carbonyl (C=O) groups excluding carboxylic acids is 2. The highest BCUT2D eigenvalue weighted by Crippen LogP contribution is 2.42. The van der Waals surface area contributed by atoms with Crippen molar-refractivity contribution in [3.05, 3.63) is 100 Å². The van der Waals surface area contributed by atoms with Crippen LogP contribution in [-0.4, -0.2) is 23.4 Å². The Hall–Kier alpha value is -3.86. The number of rotatable bonds is 5. The molecular weight excluding hydrogens is 414 g/mol. The van der Waals surface area contributed by atoms with Crippen LogP contribution >= 0.6 is 0 Å². The van der Waals surface area contributed by atoms with Crippen molar-refractivity contribution in [3.8, 4) is 5.75 Å². The van der Waals surface area contributed by atoms with Crippen LogP contribution in [0.1, 0.15) is 40.8 Å². The van der Waals surface area contributed by atoms with E-state index in [1.165, 1.54) is 4.90 Å². The lowest BCUT2D eigenvalue weighted by Crippen LogP contribution is -2.29. The number of aliphatic hydroxyl groups is 1. The predicted octanol–water partition coefficient (Wildman–Crippen LogP) is 5.64. The van der Waals surface area contributed by atoms with Crippen molar-refractivity contribution in [1.29, 1.82) is 0 Å². The fourth-order valence-electron chi connectivity index (χ4n) is 4.30. The van der Waals surface area contributed by atoms with Crippen LogP contribution < -0.4 is 9.64 Å². The van der Waals surface area contributed by atoms with Gasteiger partial charge < -0.3 is 9.84 Å². The molecule has 1 unspecified atom stereocenters. The van der Waals surface area contributed by atoms with Crippen LogP contribution in [0.5, 0.6) is 5.75 Å². The molecule has 1 aliphatic heterocycles. The first-order valence-electron chi connectivity index (χ1n) is 11.0. The zero-order valence-corrected chi connectivity index (χ0v) is 19.3. The van der Waals surface area contributed by atoms with Gasteiger partial charge in [0.1, 0.15) is 11.5 Å². The standard InChI is InChI=1S/C28H27NO4/c1-5-33-23-13-12-21(16-19(23)4)26(30)24-25(20-10-6-8-17(2)14-20)29(28(32)27(24)31)22-11-7-9-18(3)15-22/h6-16,25,30H,5H2,1-4H3/b26-24-. The van der Waals surface area contributed by atoms with Gasteiger partial charge in [-0.3, -0.25) is 14.5 Å². The van der Waals surface area contributed by atoms with Crippen molar-refractivity contribution in [1.82, 2.24) is 0 Å². The van der Waals surface area contributed by atoms with Crippen molar-refractivity contribution in [3.63, 3.8) is 0 Å². The van der Waals surface area contributed by atoms with Gasteiger partial charge >= 0.3 is 0 Å². The summed E-state index contributed by atoms with van der Waals surface area (Å²) in [5.74, 6) is -0.839. The molecule has 1 atom stereocenters. The van der Waals surface area contributed by atoms with Gasteiger partial charge in [-0.1, -0.05) is 42.0 Å². The Kier molecular flexibility index (Phi) is 6.05. The molecule has 1 fully saturated rings. The van der Waals surface area contributed by atoms with Gasteiger partial charge in [-0.2, -0.15) is 0 Å². The summed E-state index contributed by atoms with van der Waals surface area (Å²) in [6, 6.07) is 19.6. The third-order valence-electron chi connectivity index (χ3n) is 5.83. The highest BCUT2D eigenvalue weighted by molar-refractivity contribution is 6.51. The van der Waals surface area contributed by atoms with E-state index in [0.29, 0.717) is 23.6 Å². The second-order valence-electron chi connectivity index (χ2n) is 8.34. The topological polar surface area (TPSA) is 66.8 Å². The van der Waals surface area contributed by atoms with Crippen LogP contribution in [0.25, 0.3) is 5.76 Å². The molecule has 5 heteroatoms. The van der Waals surface area contributed by atoms with Crippen molar-refractivity contribution >= 4 is 23.1 Å². The Bertz CT molecular complexity index is 1270. The van der Waals surface area contributed by atoms with E-state index in [4.69, 9.17) is 4.74 Å². The van der Waals surface area contributed by atoms with Gasteiger partial charge in [0.15, 0.2) is 0 Å². The Morgan fingerprint density at radius 2 is 1.64 bits per heavy atom. The average molecular weight is 442 g/mol. The molecule has 1 heterocycles. The van der Waals surface area contributed by atoms with Crippen LogP contribution in [0.4, 0.5) is 5.69 Å². The SMILES string of the molecule is CCOc1ccc(/C(O)=C2/C(=O)C(=O)N(c3cccc(C)c3)C2c2cccc(C)c2)cc1C. The smallest absolute Gasteiger partial charge is 0.300 e. The van der Waals surface area contributed by atoms with Crippen molar-refractivity contribution < 1.29 is 19.4 Å². The Labute approximate surface area is 193 Å². The molecule has 1 N–H and O–H groups in total. The van der Waals surface area contributed by atoms with E-state index in [1.807, 2.05) is 76.2 Å². The van der Waals surface area contributed by atoms with E-state index < -0.39 is 17.7 Å². The van der Waals surface area contributed by atoms with Gasteiger partial charge in [-0.25, -0.2) is 0 Å². The number of carbonyl (C=O) groups is 2. The van der Waals surface area contributed by atoms with Gasteiger partial charge in [-0.15, -0.1) is 0 Å². The second-order valence-corrected chi connectivity index (χ2v) is 8.34. The molecule has 1 aliphatic rings. The summed E-state index contributed by atoms with van der Waals surface area (Å²) in [6.45, 7) is 8.21. The molecule has 1 amide bonds. The summed E-state index contributed by atoms with van der Waals surface area (Å²) in [5, 5.41) is 11.3. The van der Waals surface area contributed by atoms with E-state index in [0.717, 1.165) is 22.3 Å². The summed E-state index contributed by atoms with van der Waals surface area (Å²) in [5.41, 5.74) is 4.73. The molecule has 4 rings (SSSR count). The van der Waals surface area contributed by atoms with Crippen molar-refractivity contribution in [2.75, 3.05) is 11.5 Å². The number of benzene rings is 3. The number of ether oxygens (including phenoxy) is 1. The number of Topliss-reactive ketones (excluding diaryl/α,β-unsaturated/α-hetero) is 1. The molecule has 0 aliphatic carbocycles. The fraction of sp³-hybridized carbons (Fsp3) is 0.214. The first kappa shape index (κ1) is 22.3. The number of amides is 1.